The normalized spacial score (nSPS) is 14.4. The summed E-state index contributed by atoms with van der Waals surface area (Å²) in [6.07, 6.45) is -1.86. The van der Waals surface area contributed by atoms with Crippen molar-refractivity contribution >= 4 is 17.4 Å². The van der Waals surface area contributed by atoms with Gasteiger partial charge < -0.3 is 5.32 Å². The molecule has 1 aliphatic rings. The highest BCUT2D eigenvalue weighted by molar-refractivity contribution is 6.30. The minimum atomic E-state index is -4.53. The van der Waals surface area contributed by atoms with E-state index in [-0.39, 0.29) is 10.7 Å². The maximum atomic E-state index is 13.6. The highest BCUT2D eigenvalue weighted by Gasteiger charge is 2.36. The molecule has 3 aromatic rings. The van der Waals surface area contributed by atoms with E-state index in [4.69, 9.17) is 11.6 Å². The first kappa shape index (κ1) is 17.9. The molecule has 7 heteroatoms. The lowest BCUT2D eigenvalue weighted by molar-refractivity contribution is -0.137. The van der Waals surface area contributed by atoms with Crippen LogP contribution in [0.15, 0.2) is 48.5 Å². The molecule has 27 heavy (non-hydrogen) atoms. The van der Waals surface area contributed by atoms with Crippen molar-refractivity contribution in [3.8, 4) is 16.9 Å². The van der Waals surface area contributed by atoms with Gasteiger partial charge in [0, 0.05) is 22.7 Å². The molecule has 140 valence electrons. The maximum Gasteiger partial charge on any atom is 0.418 e. The Hall–Kier alpha value is -2.47. The van der Waals surface area contributed by atoms with Crippen molar-refractivity contribution in [3.63, 3.8) is 0 Å². The first-order valence-electron chi connectivity index (χ1n) is 8.73. The second kappa shape index (κ2) is 6.93. The molecule has 0 saturated heterocycles. The minimum Gasteiger partial charge on any atom is -0.370 e. The SMILES string of the molecule is FC(F)(F)c1cc(Cl)ccc1-n1nc(-c2ccccc2)c2c1NCCCC2. The van der Waals surface area contributed by atoms with Crippen molar-refractivity contribution in [3.05, 3.63) is 64.7 Å². The third-order valence-corrected chi connectivity index (χ3v) is 4.90. The van der Waals surface area contributed by atoms with Gasteiger partial charge >= 0.3 is 6.18 Å². The van der Waals surface area contributed by atoms with Crippen LogP contribution in [0, 0.1) is 0 Å². The largest absolute Gasteiger partial charge is 0.418 e. The van der Waals surface area contributed by atoms with Crippen molar-refractivity contribution in [2.75, 3.05) is 11.9 Å². The van der Waals surface area contributed by atoms with Crippen LogP contribution < -0.4 is 5.32 Å². The van der Waals surface area contributed by atoms with E-state index in [0.717, 1.165) is 36.5 Å². The van der Waals surface area contributed by atoms with E-state index >= 15 is 0 Å². The fourth-order valence-electron chi connectivity index (χ4n) is 3.42. The van der Waals surface area contributed by atoms with Gasteiger partial charge in [-0.3, -0.25) is 0 Å². The Bertz CT molecular complexity index is 965. The van der Waals surface area contributed by atoms with Gasteiger partial charge in [-0.2, -0.15) is 18.3 Å². The minimum absolute atomic E-state index is 0.0280. The molecule has 2 heterocycles. The molecule has 0 unspecified atom stereocenters. The number of hydrogen-bond acceptors (Lipinski definition) is 2. The smallest absolute Gasteiger partial charge is 0.370 e. The summed E-state index contributed by atoms with van der Waals surface area (Å²) in [4.78, 5) is 0. The van der Waals surface area contributed by atoms with Crippen LogP contribution in [0.2, 0.25) is 5.02 Å². The Morgan fingerprint density at radius 2 is 1.81 bits per heavy atom. The van der Waals surface area contributed by atoms with Crippen LogP contribution in [-0.2, 0) is 12.6 Å². The summed E-state index contributed by atoms with van der Waals surface area (Å²) in [5, 5.41) is 7.91. The summed E-state index contributed by atoms with van der Waals surface area (Å²) in [6.45, 7) is 0.696. The van der Waals surface area contributed by atoms with Gasteiger partial charge in [-0.15, -0.1) is 0 Å². The van der Waals surface area contributed by atoms with Gasteiger partial charge in [-0.1, -0.05) is 41.9 Å². The molecule has 0 spiro atoms. The quantitative estimate of drug-likeness (QED) is 0.584. The molecular formula is C20H17ClF3N3. The van der Waals surface area contributed by atoms with Gasteiger partial charge in [0.1, 0.15) is 5.82 Å². The van der Waals surface area contributed by atoms with E-state index in [2.05, 4.69) is 10.4 Å². The monoisotopic (exact) mass is 391 g/mol. The summed E-state index contributed by atoms with van der Waals surface area (Å²) >= 11 is 5.84. The van der Waals surface area contributed by atoms with Gasteiger partial charge in [0.15, 0.2) is 0 Å². The summed E-state index contributed by atoms with van der Waals surface area (Å²) in [5.41, 5.74) is 1.72. The van der Waals surface area contributed by atoms with Gasteiger partial charge in [0.2, 0.25) is 0 Å². The Morgan fingerprint density at radius 3 is 2.56 bits per heavy atom. The van der Waals surface area contributed by atoms with E-state index in [1.807, 2.05) is 30.3 Å². The number of halogens is 4. The number of anilines is 1. The number of benzene rings is 2. The van der Waals surface area contributed by atoms with Gasteiger partial charge in [0.05, 0.1) is 16.9 Å². The summed E-state index contributed by atoms with van der Waals surface area (Å²) in [6, 6.07) is 13.3. The average Bonchev–Trinajstić information content (AvgIpc) is 2.83. The van der Waals surface area contributed by atoms with Gasteiger partial charge in [0.25, 0.3) is 0 Å². The Kier molecular flexibility index (Phi) is 4.60. The zero-order valence-electron chi connectivity index (χ0n) is 14.4. The summed E-state index contributed by atoms with van der Waals surface area (Å²) < 4.78 is 42.3. The van der Waals surface area contributed by atoms with Crippen molar-refractivity contribution in [1.82, 2.24) is 9.78 Å². The maximum absolute atomic E-state index is 13.6. The molecule has 0 fully saturated rings. The predicted octanol–water partition coefficient (Wildman–Crippen LogP) is 5.96. The lowest BCUT2D eigenvalue weighted by Gasteiger charge is -2.16. The molecule has 0 bridgehead atoms. The molecule has 0 atom stereocenters. The van der Waals surface area contributed by atoms with Crippen LogP contribution in [0.3, 0.4) is 0 Å². The Labute approximate surface area is 159 Å². The molecule has 2 aromatic carbocycles. The molecule has 0 radical (unpaired) electrons. The van der Waals surface area contributed by atoms with Crippen LogP contribution in [0.5, 0.6) is 0 Å². The third-order valence-electron chi connectivity index (χ3n) is 4.67. The Morgan fingerprint density at radius 1 is 1.04 bits per heavy atom. The van der Waals surface area contributed by atoms with Crippen LogP contribution in [0.1, 0.15) is 24.0 Å². The second-order valence-electron chi connectivity index (χ2n) is 6.50. The lowest BCUT2D eigenvalue weighted by Crippen LogP contribution is -2.14. The van der Waals surface area contributed by atoms with Crippen LogP contribution >= 0.6 is 11.6 Å². The predicted molar refractivity (Wildman–Crippen MR) is 100 cm³/mol. The number of nitrogens with one attached hydrogen (secondary N) is 1. The highest BCUT2D eigenvalue weighted by Crippen LogP contribution is 2.39. The zero-order chi connectivity index (χ0) is 19.0. The van der Waals surface area contributed by atoms with Crippen molar-refractivity contribution < 1.29 is 13.2 Å². The van der Waals surface area contributed by atoms with Crippen LogP contribution in [0.4, 0.5) is 19.0 Å². The van der Waals surface area contributed by atoms with E-state index in [1.54, 1.807) is 0 Å². The number of aromatic nitrogens is 2. The molecule has 1 aromatic heterocycles. The molecule has 3 nitrogen and oxygen atoms in total. The molecule has 4 rings (SSSR count). The van der Waals surface area contributed by atoms with E-state index < -0.39 is 11.7 Å². The number of hydrogen-bond donors (Lipinski definition) is 1. The van der Waals surface area contributed by atoms with E-state index in [9.17, 15) is 13.2 Å². The number of rotatable bonds is 2. The lowest BCUT2D eigenvalue weighted by atomic mass is 10.0. The van der Waals surface area contributed by atoms with Crippen LogP contribution in [0.25, 0.3) is 16.9 Å². The fourth-order valence-corrected chi connectivity index (χ4v) is 3.60. The van der Waals surface area contributed by atoms with Gasteiger partial charge in [-0.25, -0.2) is 4.68 Å². The van der Waals surface area contributed by atoms with Crippen molar-refractivity contribution in [2.24, 2.45) is 0 Å². The Balaban J connectivity index is 1.96. The van der Waals surface area contributed by atoms with E-state index in [1.165, 1.54) is 16.8 Å². The topological polar surface area (TPSA) is 29.9 Å². The van der Waals surface area contributed by atoms with Crippen molar-refractivity contribution in [2.45, 2.75) is 25.4 Å². The average molecular weight is 392 g/mol. The highest BCUT2D eigenvalue weighted by atomic mass is 35.5. The molecule has 0 amide bonds. The fraction of sp³-hybridized carbons (Fsp3) is 0.250. The van der Waals surface area contributed by atoms with Crippen molar-refractivity contribution in [1.29, 1.82) is 0 Å². The number of nitrogens with zero attached hydrogens (tertiary/aromatic N) is 2. The first-order valence-corrected chi connectivity index (χ1v) is 9.11. The first-order chi connectivity index (χ1) is 12.9. The number of alkyl halides is 3. The second-order valence-corrected chi connectivity index (χ2v) is 6.93. The summed E-state index contributed by atoms with van der Waals surface area (Å²) in [5.74, 6) is 0.624. The molecule has 0 aliphatic carbocycles. The van der Waals surface area contributed by atoms with Crippen LogP contribution in [-0.4, -0.2) is 16.3 Å². The molecule has 1 aliphatic heterocycles. The van der Waals surface area contributed by atoms with Gasteiger partial charge in [-0.05, 0) is 37.5 Å². The summed E-state index contributed by atoms with van der Waals surface area (Å²) in [7, 11) is 0. The van der Waals surface area contributed by atoms with E-state index in [0.29, 0.717) is 18.1 Å². The molecule has 0 saturated carbocycles. The third kappa shape index (κ3) is 3.41. The molecular weight excluding hydrogens is 375 g/mol. The zero-order valence-corrected chi connectivity index (χ0v) is 15.1. The number of fused-ring (bicyclic) bond motifs is 1. The standard InChI is InChI=1S/C20H17ClF3N3/c21-14-9-10-17(16(12-14)20(22,23)24)27-19-15(8-4-5-11-25-19)18(26-27)13-6-2-1-3-7-13/h1-3,6-7,9-10,12,25H,4-5,8,11H2. The molecule has 1 N–H and O–H groups in total.